The molecule has 0 bridgehead atoms. The van der Waals surface area contributed by atoms with Gasteiger partial charge < -0.3 is 15.4 Å². The lowest BCUT2D eigenvalue weighted by Crippen LogP contribution is -2.48. The minimum atomic E-state index is -1.43. The van der Waals surface area contributed by atoms with E-state index >= 15 is 4.39 Å². The molecule has 2 heterocycles. The van der Waals surface area contributed by atoms with Crippen LogP contribution in [0.3, 0.4) is 0 Å². The van der Waals surface area contributed by atoms with Crippen molar-refractivity contribution in [2.75, 3.05) is 26.7 Å². The molecule has 1 aliphatic rings. The average Bonchev–Trinajstić information content (AvgIpc) is 2.97. The number of ether oxygens (including phenoxy) is 1. The molecule has 1 saturated heterocycles. The Balaban J connectivity index is 1.42. The lowest BCUT2D eigenvalue weighted by molar-refractivity contribution is -0.143. The van der Waals surface area contributed by atoms with Gasteiger partial charge >= 0.3 is 0 Å². The summed E-state index contributed by atoms with van der Waals surface area (Å²) in [6.07, 6.45) is 1.74. The second-order valence-corrected chi connectivity index (χ2v) is 10.3. The van der Waals surface area contributed by atoms with Gasteiger partial charge in [0, 0.05) is 29.8 Å². The number of alkyl halides is 1. The number of hydrogen-bond donors (Lipinski definition) is 3. The van der Waals surface area contributed by atoms with Crippen LogP contribution in [0.15, 0.2) is 36.5 Å². The fraction of sp³-hybridized carbons (Fsp3) is 0.448. The number of rotatable bonds is 11. The molecule has 40 heavy (non-hydrogen) atoms. The maximum Gasteiger partial charge on any atom is 0.249 e. The number of nitrogens with one attached hydrogen (secondary N) is 1. The number of likely N-dealkylation sites (tertiary alicyclic amines) is 1. The predicted molar refractivity (Wildman–Crippen MR) is 142 cm³/mol. The Bertz CT molecular complexity index is 1340. The highest BCUT2D eigenvalue weighted by atomic mass is 19.2. The van der Waals surface area contributed by atoms with Gasteiger partial charge in [0.05, 0.1) is 18.0 Å². The molecule has 0 radical (unpaired) electrons. The van der Waals surface area contributed by atoms with E-state index in [1.165, 1.54) is 7.11 Å². The Labute approximate surface area is 230 Å². The predicted octanol–water partition coefficient (Wildman–Crippen LogP) is 5.13. The molecule has 1 fully saturated rings. The van der Waals surface area contributed by atoms with Crippen molar-refractivity contribution in [3.05, 3.63) is 70.7 Å². The third-order valence-corrected chi connectivity index (χ3v) is 7.99. The van der Waals surface area contributed by atoms with Gasteiger partial charge in [0.15, 0.2) is 11.6 Å². The van der Waals surface area contributed by atoms with Crippen LogP contribution in [0, 0.1) is 22.9 Å². The molecule has 1 aliphatic heterocycles. The van der Waals surface area contributed by atoms with Crippen LogP contribution in [0.1, 0.15) is 55.0 Å². The van der Waals surface area contributed by atoms with Crippen LogP contribution in [0.4, 0.5) is 17.6 Å². The van der Waals surface area contributed by atoms with Crippen LogP contribution < -0.4 is 16.0 Å². The third kappa shape index (κ3) is 6.37. The van der Waals surface area contributed by atoms with Crippen LogP contribution in [-0.2, 0) is 17.8 Å². The van der Waals surface area contributed by atoms with Gasteiger partial charge in [-0.05, 0) is 93.6 Å². The van der Waals surface area contributed by atoms with E-state index in [1.54, 1.807) is 29.9 Å². The number of piperidine rings is 1. The van der Waals surface area contributed by atoms with Gasteiger partial charge in [-0.25, -0.2) is 23.0 Å². The van der Waals surface area contributed by atoms with Crippen molar-refractivity contribution in [1.82, 2.24) is 15.4 Å². The zero-order chi connectivity index (χ0) is 28.9. The first-order valence-corrected chi connectivity index (χ1v) is 13.3. The summed E-state index contributed by atoms with van der Waals surface area (Å²) in [5, 5.41) is 10.1. The Morgan fingerprint density at radius 2 is 1.95 bits per heavy atom. The van der Waals surface area contributed by atoms with Crippen LogP contribution in [0.25, 0.3) is 10.9 Å². The molecule has 0 aliphatic carbocycles. The highest BCUT2D eigenvalue weighted by molar-refractivity contribution is 5.85. The first-order valence-electron chi connectivity index (χ1n) is 13.3. The van der Waals surface area contributed by atoms with Gasteiger partial charge in [0.2, 0.25) is 5.91 Å². The molecule has 2 aromatic carbocycles. The minimum absolute atomic E-state index is 0.0180. The number of carbonyl (C=O) groups is 1. The fourth-order valence-corrected chi connectivity index (χ4v) is 5.64. The topological polar surface area (TPSA) is 101 Å². The number of hydrogen-bond acceptors (Lipinski definition) is 6. The van der Waals surface area contributed by atoms with Gasteiger partial charge in [0.1, 0.15) is 17.7 Å². The van der Waals surface area contributed by atoms with Crippen LogP contribution >= 0.6 is 0 Å². The maximum atomic E-state index is 15.9. The number of aryl methyl sites for hydroxylation is 1. The van der Waals surface area contributed by atoms with Crippen molar-refractivity contribution in [3.8, 4) is 5.75 Å². The van der Waals surface area contributed by atoms with Crippen molar-refractivity contribution in [1.29, 1.82) is 0 Å². The molecular formula is C29H34F4N4O3. The molecule has 7 nitrogen and oxygen atoms in total. The second kappa shape index (κ2) is 12.9. The number of nitrogens with two attached hydrogens (primary N) is 1. The first-order chi connectivity index (χ1) is 19.2. The lowest BCUT2D eigenvalue weighted by Gasteiger charge is -2.40. The summed E-state index contributed by atoms with van der Waals surface area (Å²) in [6, 6.07) is 6.73. The van der Waals surface area contributed by atoms with E-state index in [2.05, 4.69) is 9.88 Å². The summed E-state index contributed by atoms with van der Waals surface area (Å²) in [5.74, 6) is -3.08. The Kier molecular flexibility index (Phi) is 9.60. The molecule has 0 spiro atoms. The highest BCUT2D eigenvalue weighted by Crippen LogP contribution is 2.41. The monoisotopic (exact) mass is 562 g/mol. The summed E-state index contributed by atoms with van der Waals surface area (Å²) in [5.41, 5.74) is 8.26. The number of aromatic nitrogens is 1. The van der Waals surface area contributed by atoms with Crippen LogP contribution in [0.2, 0.25) is 0 Å². The largest absolute Gasteiger partial charge is 0.497 e. The number of hydroxylamine groups is 1. The van der Waals surface area contributed by atoms with Crippen molar-refractivity contribution < 1.29 is 32.3 Å². The molecule has 11 heteroatoms. The van der Waals surface area contributed by atoms with Gasteiger partial charge in [-0.2, -0.15) is 0 Å². The molecule has 1 aromatic heterocycles. The number of pyridine rings is 1. The quantitative estimate of drug-likeness (QED) is 0.130. The molecular weight excluding hydrogens is 528 g/mol. The summed E-state index contributed by atoms with van der Waals surface area (Å²) in [7, 11) is 1.52. The molecule has 216 valence electrons. The normalized spacial score (nSPS) is 16.2. The molecule has 1 amide bonds. The van der Waals surface area contributed by atoms with E-state index in [4.69, 9.17) is 10.5 Å². The van der Waals surface area contributed by atoms with E-state index in [9.17, 15) is 23.2 Å². The molecule has 1 atom stereocenters. The van der Waals surface area contributed by atoms with Crippen molar-refractivity contribution in [2.45, 2.75) is 51.2 Å². The molecule has 0 unspecified atom stereocenters. The van der Waals surface area contributed by atoms with E-state index in [-0.39, 0.29) is 31.4 Å². The van der Waals surface area contributed by atoms with E-state index in [0.29, 0.717) is 72.7 Å². The highest BCUT2D eigenvalue weighted by Gasteiger charge is 2.41. The summed E-state index contributed by atoms with van der Waals surface area (Å²) in [4.78, 5) is 19.2. The minimum Gasteiger partial charge on any atom is -0.497 e. The number of halogens is 4. The van der Waals surface area contributed by atoms with E-state index < -0.39 is 34.9 Å². The smallest absolute Gasteiger partial charge is 0.249 e. The first kappa shape index (κ1) is 29.7. The Morgan fingerprint density at radius 3 is 2.62 bits per heavy atom. The Hall–Kier alpha value is -3.28. The maximum absolute atomic E-state index is 15.9. The standard InChI is InChI=1S/C29H34F4N4O3/c1-40-21-4-5-25-22(15-21)26(19(16-34)17-35-25)23(31)6-7-29(28(38)36-39)8-11-37(12-9-29)10-2-3-18-13-20(30)14-24(32)27(18)33/h4-5,13-15,17,23,39H,2-3,6-12,16,34H2,1H3,(H,36,38)/t23-/m1/s1. The fourth-order valence-electron chi connectivity index (χ4n) is 5.64. The molecule has 3 aromatic rings. The van der Waals surface area contributed by atoms with E-state index in [0.717, 1.165) is 6.07 Å². The van der Waals surface area contributed by atoms with Crippen LogP contribution in [0.5, 0.6) is 5.75 Å². The number of amides is 1. The number of carbonyl (C=O) groups excluding carboxylic acids is 1. The van der Waals surface area contributed by atoms with Gasteiger partial charge in [-0.3, -0.25) is 15.0 Å². The zero-order valence-electron chi connectivity index (χ0n) is 22.4. The SMILES string of the molecule is COc1ccc2ncc(CN)c([C@H](F)CCC3(C(=O)NO)CCN(CCCc4cc(F)cc(F)c4F)CC3)c2c1. The van der Waals surface area contributed by atoms with Gasteiger partial charge in [0.25, 0.3) is 0 Å². The Morgan fingerprint density at radius 1 is 1.20 bits per heavy atom. The summed E-state index contributed by atoms with van der Waals surface area (Å²) in [6.45, 7) is 1.62. The van der Waals surface area contributed by atoms with E-state index in [1.807, 2.05) is 0 Å². The van der Waals surface area contributed by atoms with Crippen molar-refractivity contribution >= 4 is 16.8 Å². The van der Waals surface area contributed by atoms with Crippen molar-refractivity contribution in [3.63, 3.8) is 0 Å². The molecule has 4 rings (SSSR count). The number of nitrogens with zero attached hydrogens (tertiary/aromatic N) is 2. The molecule has 0 saturated carbocycles. The number of methoxy groups -OCH3 is 1. The summed E-state index contributed by atoms with van der Waals surface area (Å²) < 4.78 is 62.1. The third-order valence-electron chi connectivity index (χ3n) is 7.99. The number of benzene rings is 2. The average molecular weight is 563 g/mol. The lowest BCUT2D eigenvalue weighted by atomic mass is 9.73. The van der Waals surface area contributed by atoms with Crippen LogP contribution in [-0.4, -0.2) is 47.7 Å². The molecule has 4 N–H and O–H groups in total. The second-order valence-electron chi connectivity index (χ2n) is 10.3. The van der Waals surface area contributed by atoms with Gasteiger partial charge in [-0.1, -0.05) is 0 Å². The van der Waals surface area contributed by atoms with Gasteiger partial charge in [-0.15, -0.1) is 0 Å². The zero-order valence-corrected chi connectivity index (χ0v) is 22.4. The van der Waals surface area contributed by atoms with Crippen molar-refractivity contribution in [2.24, 2.45) is 11.1 Å². The summed E-state index contributed by atoms with van der Waals surface area (Å²) >= 11 is 0. The number of fused-ring (bicyclic) bond motifs is 1.